The molecule has 1 aliphatic rings. The highest BCUT2D eigenvalue weighted by atomic mass is 19.4. The number of benzene rings is 2. The standard InChI is InChI=1S/C24H23F4NO5/c1-2-32-20(30)13-12-18-21(24(26,27)28)34-15-23(18,17-10-6-7-11-19(17)25)29-22(31)33-14-16-8-4-3-5-9-16/h3-13,18,21H,2,14-15H2,1H3,(H,29,31)/b13-12+/t18-,21?,23-/m1/s1. The number of carbonyl (C=O) groups excluding carboxylic acids is 2. The molecule has 0 radical (unpaired) electrons. The minimum absolute atomic E-state index is 0.00948. The zero-order valence-corrected chi connectivity index (χ0v) is 18.2. The first-order valence-electron chi connectivity index (χ1n) is 10.4. The largest absolute Gasteiger partial charge is 0.463 e. The molecule has 1 N–H and O–H groups in total. The monoisotopic (exact) mass is 481 g/mol. The molecule has 182 valence electrons. The molecule has 3 rings (SSSR count). The van der Waals surface area contributed by atoms with Crippen molar-refractivity contribution in [1.29, 1.82) is 0 Å². The fourth-order valence-electron chi connectivity index (χ4n) is 3.82. The molecular weight excluding hydrogens is 458 g/mol. The smallest absolute Gasteiger partial charge is 0.415 e. The fourth-order valence-corrected chi connectivity index (χ4v) is 3.82. The van der Waals surface area contributed by atoms with Gasteiger partial charge in [-0.2, -0.15) is 13.2 Å². The van der Waals surface area contributed by atoms with Crippen LogP contribution in [0.25, 0.3) is 0 Å². The maximum atomic E-state index is 14.9. The Bertz CT molecular complexity index is 1030. The first-order chi connectivity index (χ1) is 16.2. The third-order valence-electron chi connectivity index (χ3n) is 5.33. The lowest BCUT2D eigenvalue weighted by Gasteiger charge is -2.35. The normalized spacial score (nSPS) is 22.5. The zero-order chi connectivity index (χ0) is 24.8. The molecule has 6 nitrogen and oxygen atoms in total. The van der Waals surface area contributed by atoms with E-state index in [1.54, 1.807) is 30.3 Å². The van der Waals surface area contributed by atoms with E-state index in [2.05, 4.69) is 5.32 Å². The second kappa shape index (κ2) is 10.7. The SMILES string of the molecule is CCOC(=O)/C=C/[C@@H]1C(C(F)(F)F)OC[C@@]1(NC(=O)OCc1ccccc1)c1ccccc1F. The van der Waals surface area contributed by atoms with Crippen LogP contribution in [0.3, 0.4) is 0 Å². The Morgan fingerprint density at radius 1 is 1.12 bits per heavy atom. The van der Waals surface area contributed by atoms with E-state index in [4.69, 9.17) is 14.2 Å². The highest BCUT2D eigenvalue weighted by molar-refractivity contribution is 5.82. The van der Waals surface area contributed by atoms with Crippen LogP contribution < -0.4 is 5.32 Å². The Labute approximate surface area is 193 Å². The summed E-state index contributed by atoms with van der Waals surface area (Å²) in [5.41, 5.74) is -1.61. The van der Waals surface area contributed by atoms with Crippen LogP contribution in [0.4, 0.5) is 22.4 Å². The summed E-state index contributed by atoms with van der Waals surface area (Å²) < 4.78 is 71.4. The molecular formula is C24H23F4NO5. The summed E-state index contributed by atoms with van der Waals surface area (Å²) in [7, 11) is 0. The van der Waals surface area contributed by atoms with Gasteiger partial charge in [0, 0.05) is 17.6 Å². The van der Waals surface area contributed by atoms with Crippen molar-refractivity contribution in [2.75, 3.05) is 13.2 Å². The second-order valence-electron chi connectivity index (χ2n) is 7.55. The molecule has 34 heavy (non-hydrogen) atoms. The van der Waals surface area contributed by atoms with Gasteiger partial charge in [-0.15, -0.1) is 0 Å². The quantitative estimate of drug-likeness (QED) is 0.354. The maximum absolute atomic E-state index is 14.9. The summed E-state index contributed by atoms with van der Waals surface area (Å²) in [6.07, 6.45) is -6.63. The molecule has 0 bridgehead atoms. The van der Waals surface area contributed by atoms with Gasteiger partial charge >= 0.3 is 18.2 Å². The maximum Gasteiger partial charge on any atom is 0.415 e. The number of alkyl carbamates (subject to hydrolysis) is 1. The molecule has 2 aromatic rings. The van der Waals surface area contributed by atoms with Gasteiger partial charge in [-0.1, -0.05) is 54.6 Å². The predicted molar refractivity (Wildman–Crippen MR) is 113 cm³/mol. The number of carbonyl (C=O) groups is 2. The minimum Gasteiger partial charge on any atom is -0.463 e. The topological polar surface area (TPSA) is 73.9 Å². The Balaban J connectivity index is 1.99. The number of alkyl halides is 3. The van der Waals surface area contributed by atoms with E-state index in [-0.39, 0.29) is 18.8 Å². The minimum atomic E-state index is -4.87. The molecule has 1 heterocycles. The lowest BCUT2D eigenvalue weighted by molar-refractivity contribution is -0.213. The van der Waals surface area contributed by atoms with Crippen molar-refractivity contribution in [1.82, 2.24) is 5.32 Å². The lowest BCUT2D eigenvalue weighted by atomic mass is 9.77. The number of esters is 1. The molecule has 2 aromatic carbocycles. The Morgan fingerprint density at radius 2 is 1.79 bits per heavy atom. The number of nitrogens with one attached hydrogen (secondary N) is 1. The molecule has 0 saturated carbocycles. The van der Waals surface area contributed by atoms with Gasteiger partial charge in [0.2, 0.25) is 0 Å². The number of amides is 1. The van der Waals surface area contributed by atoms with Crippen LogP contribution in [0.1, 0.15) is 18.1 Å². The van der Waals surface area contributed by atoms with E-state index >= 15 is 0 Å². The number of rotatable bonds is 7. The molecule has 1 aliphatic heterocycles. The van der Waals surface area contributed by atoms with Crippen LogP contribution in [-0.2, 0) is 31.2 Å². The summed E-state index contributed by atoms with van der Waals surface area (Å²) in [5.74, 6) is -3.44. The molecule has 1 unspecified atom stereocenters. The molecule has 10 heteroatoms. The molecule has 1 amide bonds. The van der Waals surface area contributed by atoms with Gasteiger partial charge in [-0.05, 0) is 18.6 Å². The fraction of sp³-hybridized carbons (Fsp3) is 0.333. The van der Waals surface area contributed by atoms with Gasteiger partial charge in [0.1, 0.15) is 18.0 Å². The van der Waals surface area contributed by atoms with E-state index in [1.165, 1.54) is 25.1 Å². The average molecular weight is 481 g/mol. The van der Waals surface area contributed by atoms with Crippen molar-refractivity contribution in [2.24, 2.45) is 5.92 Å². The van der Waals surface area contributed by atoms with Crippen molar-refractivity contribution in [2.45, 2.75) is 31.3 Å². The highest BCUT2D eigenvalue weighted by Gasteiger charge is 2.60. The van der Waals surface area contributed by atoms with Crippen molar-refractivity contribution in [3.63, 3.8) is 0 Å². The molecule has 1 saturated heterocycles. The summed E-state index contributed by atoms with van der Waals surface area (Å²) in [4.78, 5) is 24.5. The third-order valence-corrected chi connectivity index (χ3v) is 5.33. The molecule has 0 aliphatic carbocycles. The van der Waals surface area contributed by atoms with Gasteiger partial charge in [0.25, 0.3) is 0 Å². The number of halogens is 4. The van der Waals surface area contributed by atoms with Crippen LogP contribution in [0, 0.1) is 11.7 Å². The Hall–Kier alpha value is -3.40. The van der Waals surface area contributed by atoms with E-state index in [9.17, 15) is 27.2 Å². The van der Waals surface area contributed by atoms with Gasteiger partial charge in [-0.25, -0.2) is 14.0 Å². The summed E-state index contributed by atoms with van der Waals surface area (Å²) in [6.45, 7) is 0.676. The van der Waals surface area contributed by atoms with E-state index in [1.807, 2.05) is 0 Å². The van der Waals surface area contributed by atoms with Crippen LogP contribution >= 0.6 is 0 Å². The summed E-state index contributed by atoms with van der Waals surface area (Å²) in [6, 6.07) is 13.7. The first-order valence-corrected chi connectivity index (χ1v) is 10.4. The van der Waals surface area contributed by atoms with Crippen LogP contribution in [-0.4, -0.2) is 37.6 Å². The van der Waals surface area contributed by atoms with Crippen molar-refractivity contribution < 1.29 is 41.4 Å². The molecule has 3 atom stereocenters. The van der Waals surface area contributed by atoms with Gasteiger partial charge in [0.15, 0.2) is 6.10 Å². The lowest BCUT2D eigenvalue weighted by Crippen LogP contribution is -2.53. The summed E-state index contributed by atoms with van der Waals surface area (Å²) in [5, 5.41) is 2.40. The molecule has 1 fully saturated rings. The summed E-state index contributed by atoms with van der Waals surface area (Å²) >= 11 is 0. The van der Waals surface area contributed by atoms with Crippen molar-refractivity contribution >= 4 is 12.1 Å². The van der Waals surface area contributed by atoms with E-state index in [0.717, 1.165) is 18.2 Å². The van der Waals surface area contributed by atoms with Gasteiger partial charge < -0.3 is 19.5 Å². The average Bonchev–Trinajstić information content (AvgIpc) is 3.16. The first kappa shape index (κ1) is 25.2. The third kappa shape index (κ3) is 5.74. The van der Waals surface area contributed by atoms with Crippen LogP contribution in [0.5, 0.6) is 0 Å². The van der Waals surface area contributed by atoms with E-state index < -0.39 is 48.2 Å². The zero-order valence-electron chi connectivity index (χ0n) is 18.2. The Kier molecular flexibility index (Phi) is 7.93. The van der Waals surface area contributed by atoms with Crippen molar-refractivity contribution in [3.05, 3.63) is 83.7 Å². The van der Waals surface area contributed by atoms with Crippen molar-refractivity contribution in [3.8, 4) is 0 Å². The predicted octanol–water partition coefficient (Wildman–Crippen LogP) is 4.64. The second-order valence-corrected chi connectivity index (χ2v) is 7.55. The molecule has 0 aromatic heterocycles. The van der Waals surface area contributed by atoms with Gasteiger partial charge in [-0.3, -0.25) is 0 Å². The highest BCUT2D eigenvalue weighted by Crippen LogP contribution is 2.46. The number of ether oxygens (including phenoxy) is 3. The number of hydrogen-bond acceptors (Lipinski definition) is 5. The van der Waals surface area contributed by atoms with Crippen LogP contribution in [0.15, 0.2) is 66.7 Å². The van der Waals surface area contributed by atoms with Crippen LogP contribution in [0.2, 0.25) is 0 Å². The number of hydrogen-bond donors (Lipinski definition) is 1. The Morgan fingerprint density at radius 3 is 2.44 bits per heavy atom. The molecule has 0 spiro atoms. The van der Waals surface area contributed by atoms with Gasteiger partial charge in [0.05, 0.1) is 13.2 Å². The van der Waals surface area contributed by atoms with E-state index in [0.29, 0.717) is 5.56 Å².